The molecule has 0 aromatic heterocycles. The average Bonchev–Trinajstić information content (AvgIpc) is 2.62. The molecule has 2 aromatic rings. The van der Waals surface area contributed by atoms with Crippen LogP contribution in [0, 0.1) is 0 Å². The second-order valence-electron chi connectivity index (χ2n) is 7.43. The number of anilines is 1. The first-order valence-electron chi connectivity index (χ1n) is 9.25. The minimum Gasteiger partial charge on any atom is -0.494 e. The molecular formula is C21H28N2O4S. The van der Waals surface area contributed by atoms with Crippen molar-refractivity contribution in [3.05, 3.63) is 54.1 Å². The molecule has 7 heteroatoms. The molecule has 0 aliphatic heterocycles. The summed E-state index contributed by atoms with van der Waals surface area (Å²) in [6.07, 6.45) is 0.0390. The van der Waals surface area contributed by atoms with E-state index in [1.165, 1.54) is 17.7 Å². The SMILES string of the molecule is CCOc1ccc(S(=O)(=O)NCCC(=O)Nc2ccc(C(C)(C)C)cc2)cc1. The average molecular weight is 405 g/mol. The van der Waals surface area contributed by atoms with Crippen molar-refractivity contribution in [3.8, 4) is 5.75 Å². The molecule has 28 heavy (non-hydrogen) atoms. The number of benzene rings is 2. The Morgan fingerprint density at radius 3 is 2.14 bits per heavy atom. The van der Waals surface area contributed by atoms with Crippen LogP contribution in [0.4, 0.5) is 5.69 Å². The van der Waals surface area contributed by atoms with E-state index in [1.54, 1.807) is 12.1 Å². The van der Waals surface area contributed by atoms with Crippen LogP contribution in [-0.2, 0) is 20.2 Å². The zero-order valence-electron chi connectivity index (χ0n) is 16.8. The highest BCUT2D eigenvalue weighted by Crippen LogP contribution is 2.23. The number of rotatable bonds is 8. The van der Waals surface area contributed by atoms with Crippen molar-refractivity contribution < 1.29 is 17.9 Å². The van der Waals surface area contributed by atoms with Crippen molar-refractivity contribution in [1.82, 2.24) is 4.72 Å². The molecule has 2 N–H and O–H groups in total. The summed E-state index contributed by atoms with van der Waals surface area (Å²) in [6, 6.07) is 13.8. The molecule has 2 aromatic carbocycles. The van der Waals surface area contributed by atoms with Crippen LogP contribution in [0.15, 0.2) is 53.4 Å². The molecule has 0 heterocycles. The van der Waals surface area contributed by atoms with Crippen LogP contribution >= 0.6 is 0 Å². The molecule has 0 aliphatic carbocycles. The Hall–Kier alpha value is -2.38. The lowest BCUT2D eigenvalue weighted by Crippen LogP contribution is -2.27. The van der Waals surface area contributed by atoms with E-state index in [0.717, 1.165) is 0 Å². The van der Waals surface area contributed by atoms with E-state index in [9.17, 15) is 13.2 Å². The van der Waals surface area contributed by atoms with Gasteiger partial charge < -0.3 is 10.1 Å². The predicted molar refractivity (Wildman–Crippen MR) is 111 cm³/mol. The summed E-state index contributed by atoms with van der Waals surface area (Å²) in [4.78, 5) is 12.2. The summed E-state index contributed by atoms with van der Waals surface area (Å²) in [5.74, 6) is 0.358. The van der Waals surface area contributed by atoms with E-state index in [4.69, 9.17) is 4.74 Å². The fourth-order valence-corrected chi connectivity index (χ4v) is 3.57. The van der Waals surface area contributed by atoms with E-state index >= 15 is 0 Å². The third-order valence-electron chi connectivity index (χ3n) is 4.12. The first-order valence-corrected chi connectivity index (χ1v) is 10.7. The fraction of sp³-hybridized carbons (Fsp3) is 0.381. The fourth-order valence-electron chi connectivity index (χ4n) is 2.54. The van der Waals surface area contributed by atoms with Gasteiger partial charge in [-0.05, 0) is 54.3 Å². The Labute approximate surface area is 167 Å². The van der Waals surface area contributed by atoms with E-state index < -0.39 is 10.0 Å². The van der Waals surface area contributed by atoms with Gasteiger partial charge in [0.15, 0.2) is 0 Å². The number of hydrogen-bond acceptors (Lipinski definition) is 4. The molecule has 2 rings (SSSR count). The number of carbonyl (C=O) groups is 1. The van der Waals surface area contributed by atoms with E-state index in [1.807, 2.05) is 31.2 Å². The van der Waals surface area contributed by atoms with Gasteiger partial charge in [-0.15, -0.1) is 0 Å². The maximum Gasteiger partial charge on any atom is 0.240 e. The monoisotopic (exact) mass is 404 g/mol. The number of amides is 1. The number of hydrogen-bond donors (Lipinski definition) is 2. The molecule has 6 nitrogen and oxygen atoms in total. The lowest BCUT2D eigenvalue weighted by molar-refractivity contribution is -0.116. The Morgan fingerprint density at radius 1 is 1.00 bits per heavy atom. The van der Waals surface area contributed by atoms with Crippen LogP contribution in [0.3, 0.4) is 0 Å². The van der Waals surface area contributed by atoms with Crippen LogP contribution < -0.4 is 14.8 Å². The van der Waals surface area contributed by atoms with Crippen LogP contribution in [0.2, 0.25) is 0 Å². The van der Waals surface area contributed by atoms with Crippen molar-refractivity contribution in [2.45, 2.75) is 44.4 Å². The number of carbonyl (C=O) groups excluding carboxylic acids is 1. The molecule has 0 aliphatic rings. The molecule has 0 unspecified atom stereocenters. The first-order chi connectivity index (χ1) is 13.1. The van der Waals surface area contributed by atoms with E-state index in [-0.39, 0.29) is 29.2 Å². The van der Waals surface area contributed by atoms with Gasteiger partial charge in [0.25, 0.3) is 0 Å². The van der Waals surface area contributed by atoms with Crippen LogP contribution in [0.1, 0.15) is 39.7 Å². The van der Waals surface area contributed by atoms with E-state index in [0.29, 0.717) is 18.0 Å². The smallest absolute Gasteiger partial charge is 0.240 e. The first kappa shape index (κ1) is 21.9. The summed E-state index contributed by atoms with van der Waals surface area (Å²) < 4.78 is 32.3. The summed E-state index contributed by atoms with van der Waals surface area (Å²) in [7, 11) is -3.67. The quantitative estimate of drug-likeness (QED) is 0.703. The van der Waals surface area contributed by atoms with E-state index in [2.05, 4.69) is 30.8 Å². The standard InChI is InChI=1S/C21H28N2O4S/c1-5-27-18-10-12-19(13-11-18)28(25,26)22-15-14-20(24)23-17-8-6-16(7-9-17)21(2,3)4/h6-13,22H,5,14-15H2,1-4H3,(H,23,24). The highest BCUT2D eigenvalue weighted by molar-refractivity contribution is 7.89. The minimum atomic E-state index is -3.67. The number of sulfonamides is 1. The van der Waals surface area contributed by atoms with Crippen LogP contribution in [0.25, 0.3) is 0 Å². The lowest BCUT2D eigenvalue weighted by Gasteiger charge is -2.19. The lowest BCUT2D eigenvalue weighted by atomic mass is 9.87. The Bertz CT molecular complexity index is 883. The molecule has 0 atom stereocenters. The normalized spacial score (nSPS) is 11.9. The Balaban J connectivity index is 1.85. The maximum atomic E-state index is 12.3. The van der Waals surface area contributed by atoms with Gasteiger partial charge in [-0.25, -0.2) is 13.1 Å². The molecule has 0 saturated carbocycles. The van der Waals surface area contributed by atoms with Gasteiger partial charge in [-0.2, -0.15) is 0 Å². The van der Waals surface area contributed by atoms with Crippen molar-refractivity contribution in [2.24, 2.45) is 0 Å². The third kappa shape index (κ3) is 6.35. The molecular weight excluding hydrogens is 376 g/mol. The van der Waals surface area contributed by atoms with Gasteiger partial charge in [-0.3, -0.25) is 4.79 Å². The van der Waals surface area contributed by atoms with Crippen molar-refractivity contribution >= 4 is 21.6 Å². The van der Waals surface area contributed by atoms with Crippen LogP contribution in [0.5, 0.6) is 5.75 Å². The predicted octanol–water partition coefficient (Wildman–Crippen LogP) is 3.69. The molecule has 0 spiro atoms. The summed E-state index contributed by atoms with van der Waals surface area (Å²) in [6.45, 7) is 8.75. The van der Waals surface area contributed by atoms with Gasteiger partial charge in [0, 0.05) is 18.7 Å². The largest absolute Gasteiger partial charge is 0.494 e. The Morgan fingerprint density at radius 2 is 1.61 bits per heavy atom. The highest BCUT2D eigenvalue weighted by Gasteiger charge is 2.15. The van der Waals surface area contributed by atoms with Gasteiger partial charge >= 0.3 is 0 Å². The zero-order chi connectivity index (χ0) is 20.8. The molecule has 0 radical (unpaired) electrons. The summed E-state index contributed by atoms with van der Waals surface area (Å²) in [5.41, 5.74) is 1.91. The molecule has 0 bridgehead atoms. The van der Waals surface area contributed by atoms with Crippen LogP contribution in [-0.4, -0.2) is 27.5 Å². The molecule has 0 saturated heterocycles. The van der Waals surface area contributed by atoms with Crippen molar-refractivity contribution in [3.63, 3.8) is 0 Å². The van der Waals surface area contributed by atoms with Gasteiger partial charge in [0.1, 0.15) is 5.75 Å². The topological polar surface area (TPSA) is 84.5 Å². The third-order valence-corrected chi connectivity index (χ3v) is 5.60. The number of nitrogens with one attached hydrogen (secondary N) is 2. The second-order valence-corrected chi connectivity index (χ2v) is 9.19. The maximum absolute atomic E-state index is 12.3. The van der Waals surface area contributed by atoms with Gasteiger partial charge in [-0.1, -0.05) is 32.9 Å². The molecule has 0 fully saturated rings. The molecule has 152 valence electrons. The van der Waals surface area contributed by atoms with Gasteiger partial charge in [0.05, 0.1) is 11.5 Å². The second kappa shape index (κ2) is 9.21. The summed E-state index contributed by atoms with van der Waals surface area (Å²) in [5, 5.41) is 2.78. The summed E-state index contributed by atoms with van der Waals surface area (Å²) >= 11 is 0. The number of ether oxygens (including phenoxy) is 1. The highest BCUT2D eigenvalue weighted by atomic mass is 32.2. The van der Waals surface area contributed by atoms with Crippen molar-refractivity contribution in [1.29, 1.82) is 0 Å². The Kier molecular flexibility index (Phi) is 7.21. The minimum absolute atomic E-state index is 0.0153. The zero-order valence-corrected chi connectivity index (χ0v) is 17.6. The van der Waals surface area contributed by atoms with Crippen molar-refractivity contribution in [2.75, 3.05) is 18.5 Å². The van der Waals surface area contributed by atoms with Gasteiger partial charge in [0.2, 0.25) is 15.9 Å². The molecule has 1 amide bonds.